The lowest BCUT2D eigenvalue weighted by Crippen LogP contribution is -2.49. The van der Waals surface area contributed by atoms with E-state index in [1.165, 1.54) is 7.11 Å². The normalized spacial score (nSPS) is 29.3. The predicted molar refractivity (Wildman–Crippen MR) is 41.6 cm³/mol. The number of hydrogen-bond acceptors (Lipinski definition) is 4. The van der Waals surface area contributed by atoms with Gasteiger partial charge in [0.05, 0.1) is 13.7 Å². The van der Waals surface area contributed by atoms with Crippen molar-refractivity contribution in [3.63, 3.8) is 0 Å². The van der Waals surface area contributed by atoms with Crippen LogP contribution in [0, 0.1) is 0 Å². The molecule has 0 saturated carbocycles. The van der Waals surface area contributed by atoms with Gasteiger partial charge in [0.15, 0.2) is 0 Å². The lowest BCUT2D eigenvalue weighted by atomic mass is 10.0. The monoisotopic (exact) mass is 181 g/mol. The van der Waals surface area contributed by atoms with Crippen LogP contribution in [0.3, 0.4) is 0 Å². The summed E-state index contributed by atoms with van der Waals surface area (Å²) in [6.45, 7) is 0.825. The predicted octanol–water partition coefficient (Wildman–Crippen LogP) is -0.301. The van der Waals surface area contributed by atoms with Gasteiger partial charge in [0.2, 0.25) is 0 Å². The third-order valence-electron chi connectivity index (χ3n) is 1.64. The molecule has 0 radical (unpaired) electrons. The number of methoxy groups -OCH3 is 1. The second-order valence-corrected chi connectivity index (χ2v) is 2.45. The zero-order valence-electron chi connectivity index (χ0n) is 6.33. The third kappa shape index (κ3) is 2.05. The van der Waals surface area contributed by atoms with Crippen LogP contribution in [-0.2, 0) is 14.3 Å². The first-order chi connectivity index (χ1) is 4.69. The Kier molecular flexibility index (Phi) is 3.78. The number of ether oxygens (including phenoxy) is 2. The molecule has 2 N–H and O–H groups in total. The van der Waals surface area contributed by atoms with Gasteiger partial charge in [0.1, 0.15) is 5.54 Å². The van der Waals surface area contributed by atoms with Gasteiger partial charge >= 0.3 is 5.97 Å². The molecule has 0 amide bonds. The number of hydrogen-bond donors (Lipinski definition) is 1. The molecule has 4 nitrogen and oxygen atoms in total. The molecule has 1 rings (SSSR count). The quantitative estimate of drug-likeness (QED) is 0.565. The second kappa shape index (κ2) is 3.90. The molecule has 1 unspecified atom stereocenters. The van der Waals surface area contributed by atoms with Crippen LogP contribution in [0.25, 0.3) is 0 Å². The van der Waals surface area contributed by atoms with Gasteiger partial charge < -0.3 is 15.2 Å². The number of esters is 1. The molecular formula is C6H12ClNO3. The summed E-state index contributed by atoms with van der Waals surface area (Å²) >= 11 is 0. The fourth-order valence-electron chi connectivity index (χ4n) is 0.945. The van der Waals surface area contributed by atoms with E-state index in [1.807, 2.05) is 0 Å². The van der Waals surface area contributed by atoms with Crippen molar-refractivity contribution in [1.82, 2.24) is 0 Å². The molecule has 1 atom stereocenters. The van der Waals surface area contributed by atoms with Gasteiger partial charge in [0, 0.05) is 13.0 Å². The molecule has 1 aliphatic heterocycles. The fraction of sp³-hybridized carbons (Fsp3) is 0.833. The van der Waals surface area contributed by atoms with Crippen molar-refractivity contribution in [2.24, 2.45) is 5.73 Å². The summed E-state index contributed by atoms with van der Waals surface area (Å²) in [5.74, 6) is -0.384. The van der Waals surface area contributed by atoms with Gasteiger partial charge in [-0.05, 0) is 0 Å². The standard InChI is InChI=1S/C6H11NO3.ClH/c1-9-5(8)6(7)2-3-10-4-6;/h2-4,7H2,1H3;1H. The van der Waals surface area contributed by atoms with Crippen LogP contribution >= 0.6 is 12.4 Å². The smallest absolute Gasteiger partial charge is 0.328 e. The number of carbonyl (C=O) groups is 1. The Bertz CT molecular complexity index is 145. The van der Waals surface area contributed by atoms with E-state index in [0.29, 0.717) is 13.0 Å². The maximum atomic E-state index is 10.9. The molecule has 1 heterocycles. The molecule has 0 aromatic carbocycles. The Morgan fingerprint density at radius 3 is 2.73 bits per heavy atom. The maximum absolute atomic E-state index is 10.9. The highest BCUT2D eigenvalue weighted by molar-refractivity contribution is 5.85. The molecule has 1 fully saturated rings. The van der Waals surface area contributed by atoms with E-state index < -0.39 is 5.54 Å². The Labute approximate surface area is 71.4 Å². The van der Waals surface area contributed by atoms with Gasteiger partial charge in [-0.15, -0.1) is 12.4 Å². The molecule has 11 heavy (non-hydrogen) atoms. The highest BCUT2D eigenvalue weighted by Gasteiger charge is 2.39. The van der Waals surface area contributed by atoms with Crippen LogP contribution in [0.2, 0.25) is 0 Å². The summed E-state index contributed by atoms with van der Waals surface area (Å²) < 4.78 is 9.45. The minimum Gasteiger partial charge on any atom is -0.468 e. The molecule has 66 valence electrons. The highest BCUT2D eigenvalue weighted by Crippen LogP contribution is 2.16. The van der Waals surface area contributed by atoms with E-state index in [1.54, 1.807) is 0 Å². The summed E-state index contributed by atoms with van der Waals surface area (Å²) in [5.41, 5.74) is 4.73. The number of carbonyl (C=O) groups excluding carboxylic acids is 1. The molecule has 5 heteroatoms. The summed E-state index contributed by atoms with van der Waals surface area (Å²) in [6, 6.07) is 0. The van der Waals surface area contributed by atoms with Gasteiger partial charge in [-0.3, -0.25) is 0 Å². The van der Waals surface area contributed by atoms with Crippen LogP contribution < -0.4 is 5.73 Å². The van der Waals surface area contributed by atoms with E-state index in [0.717, 1.165) is 0 Å². The summed E-state index contributed by atoms with van der Waals surface area (Å²) in [5, 5.41) is 0. The average Bonchev–Trinajstić information content (AvgIpc) is 2.36. The Morgan fingerprint density at radius 1 is 1.73 bits per heavy atom. The summed E-state index contributed by atoms with van der Waals surface area (Å²) in [6.07, 6.45) is 0.555. The van der Waals surface area contributed by atoms with Crippen molar-refractivity contribution >= 4 is 18.4 Å². The van der Waals surface area contributed by atoms with Crippen LogP contribution in [0.5, 0.6) is 0 Å². The van der Waals surface area contributed by atoms with Gasteiger partial charge in [-0.1, -0.05) is 0 Å². The molecular weight excluding hydrogens is 170 g/mol. The van der Waals surface area contributed by atoms with Crippen molar-refractivity contribution in [2.45, 2.75) is 12.0 Å². The van der Waals surface area contributed by atoms with Crippen LogP contribution in [0.15, 0.2) is 0 Å². The Balaban J connectivity index is 0.000001000. The minimum atomic E-state index is -0.880. The van der Waals surface area contributed by atoms with Gasteiger partial charge in [-0.25, -0.2) is 4.79 Å². The Morgan fingerprint density at radius 2 is 2.36 bits per heavy atom. The summed E-state index contributed by atoms with van der Waals surface area (Å²) in [4.78, 5) is 10.9. The lowest BCUT2D eigenvalue weighted by molar-refractivity contribution is -0.146. The minimum absolute atomic E-state index is 0. The average molecular weight is 182 g/mol. The molecule has 1 saturated heterocycles. The van der Waals surface area contributed by atoms with Crippen LogP contribution in [0.1, 0.15) is 6.42 Å². The van der Waals surface area contributed by atoms with E-state index in [9.17, 15) is 4.79 Å². The summed E-state index contributed by atoms with van der Waals surface area (Å²) in [7, 11) is 1.33. The van der Waals surface area contributed by atoms with Crippen LogP contribution in [-0.4, -0.2) is 31.8 Å². The van der Waals surface area contributed by atoms with Crippen molar-refractivity contribution in [3.8, 4) is 0 Å². The zero-order valence-corrected chi connectivity index (χ0v) is 7.15. The molecule has 0 spiro atoms. The topological polar surface area (TPSA) is 61.5 Å². The van der Waals surface area contributed by atoms with Gasteiger partial charge in [0.25, 0.3) is 0 Å². The SMILES string of the molecule is COC(=O)C1(N)CCOC1.Cl. The molecule has 0 aliphatic carbocycles. The fourth-order valence-corrected chi connectivity index (χ4v) is 0.945. The first-order valence-electron chi connectivity index (χ1n) is 3.14. The first-order valence-corrected chi connectivity index (χ1v) is 3.14. The van der Waals surface area contributed by atoms with Crippen molar-refractivity contribution in [1.29, 1.82) is 0 Å². The molecule has 0 aromatic heterocycles. The Hall–Kier alpha value is -0.320. The number of nitrogens with two attached hydrogens (primary N) is 1. The van der Waals surface area contributed by atoms with Crippen molar-refractivity contribution < 1.29 is 14.3 Å². The second-order valence-electron chi connectivity index (χ2n) is 2.45. The van der Waals surface area contributed by atoms with E-state index in [-0.39, 0.29) is 25.0 Å². The van der Waals surface area contributed by atoms with E-state index in [4.69, 9.17) is 10.5 Å². The van der Waals surface area contributed by atoms with Crippen LogP contribution in [0.4, 0.5) is 0 Å². The third-order valence-corrected chi connectivity index (χ3v) is 1.64. The molecule has 1 aliphatic rings. The van der Waals surface area contributed by atoms with Crippen molar-refractivity contribution in [3.05, 3.63) is 0 Å². The maximum Gasteiger partial charge on any atom is 0.328 e. The lowest BCUT2D eigenvalue weighted by Gasteiger charge is -2.17. The van der Waals surface area contributed by atoms with E-state index in [2.05, 4.69) is 4.74 Å². The first kappa shape index (κ1) is 10.7. The number of halogens is 1. The highest BCUT2D eigenvalue weighted by atomic mass is 35.5. The number of rotatable bonds is 1. The molecule has 0 aromatic rings. The van der Waals surface area contributed by atoms with Gasteiger partial charge in [-0.2, -0.15) is 0 Å². The van der Waals surface area contributed by atoms with Crippen molar-refractivity contribution in [2.75, 3.05) is 20.3 Å². The zero-order chi connectivity index (χ0) is 7.61. The molecule has 0 bridgehead atoms. The van der Waals surface area contributed by atoms with E-state index >= 15 is 0 Å². The largest absolute Gasteiger partial charge is 0.468 e.